The topological polar surface area (TPSA) is 94.0 Å². The van der Waals surface area contributed by atoms with Gasteiger partial charge in [-0.2, -0.15) is 13.2 Å². The Morgan fingerprint density at radius 1 is 0.973 bits per heavy atom. The lowest BCUT2D eigenvalue weighted by Crippen LogP contribution is -2.60. The first-order valence-electron chi connectivity index (χ1n) is 13.9. The van der Waals surface area contributed by atoms with Crippen LogP contribution in [0.2, 0.25) is 0 Å². The maximum Gasteiger partial charge on any atom is 0.434 e. The third kappa shape index (κ3) is 6.73. The van der Waals surface area contributed by atoms with Crippen molar-refractivity contribution in [2.24, 2.45) is 11.8 Å². The number of rotatable bonds is 7. The Morgan fingerprint density at radius 3 is 2.46 bits per heavy atom. The summed E-state index contributed by atoms with van der Waals surface area (Å²) in [7, 11) is 0. The lowest BCUT2D eigenvalue weighted by atomic mass is 9.92. The minimum Gasteiger partial charge on any atom is -0.388 e. The van der Waals surface area contributed by atoms with Crippen molar-refractivity contribution in [3.8, 4) is 0 Å². The van der Waals surface area contributed by atoms with Gasteiger partial charge >= 0.3 is 6.18 Å². The van der Waals surface area contributed by atoms with E-state index in [9.17, 15) is 23.4 Å². The number of alkyl halides is 3. The molecule has 4 aliphatic rings. The fourth-order valence-electron chi connectivity index (χ4n) is 6.81. The summed E-state index contributed by atoms with van der Waals surface area (Å²) in [6, 6.07) is -0.0990. The van der Waals surface area contributed by atoms with Gasteiger partial charge in [0.15, 0.2) is 5.69 Å². The van der Waals surface area contributed by atoms with Crippen LogP contribution in [-0.2, 0) is 10.9 Å². The average molecular weight is 528 g/mol. The van der Waals surface area contributed by atoms with Gasteiger partial charge in [-0.3, -0.25) is 14.8 Å². The molecular formula is C26H40F3N5O3. The first-order valence-corrected chi connectivity index (χ1v) is 13.9. The lowest BCUT2D eigenvalue weighted by Gasteiger charge is -2.43. The zero-order valence-electron chi connectivity index (χ0n) is 21.3. The van der Waals surface area contributed by atoms with Gasteiger partial charge in [0, 0.05) is 38.8 Å². The molecule has 2 saturated heterocycles. The minimum absolute atomic E-state index is 0.0469. The van der Waals surface area contributed by atoms with Crippen molar-refractivity contribution in [1.82, 2.24) is 19.8 Å². The Balaban J connectivity index is 1.05. The molecule has 6 atom stereocenters. The quantitative estimate of drug-likeness (QED) is 0.499. The van der Waals surface area contributed by atoms with Crippen LogP contribution in [0.5, 0.6) is 0 Å². The van der Waals surface area contributed by atoms with Crippen LogP contribution in [0.15, 0.2) is 12.4 Å². The van der Waals surface area contributed by atoms with E-state index in [1.165, 1.54) is 51.4 Å². The first-order chi connectivity index (χ1) is 17.8. The molecule has 2 aliphatic carbocycles. The summed E-state index contributed by atoms with van der Waals surface area (Å²) < 4.78 is 44.6. The molecule has 2 saturated carbocycles. The summed E-state index contributed by atoms with van der Waals surface area (Å²) in [5, 5.41) is 24.1. The van der Waals surface area contributed by atoms with Gasteiger partial charge in [-0.15, -0.1) is 0 Å². The number of anilines is 1. The molecule has 0 amide bonds. The molecule has 11 heteroatoms. The zero-order valence-corrected chi connectivity index (χ0v) is 21.3. The molecule has 0 bridgehead atoms. The van der Waals surface area contributed by atoms with Gasteiger partial charge in [0.25, 0.3) is 0 Å². The molecule has 0 spiro atoms. The molecule has 1 aromatic rings. The number of aromatic nitrogens is 2. The number of hydrogen-bond acceptors (Lipinski definition) is 8. The second-order valence-corrected chi connectivity index (χ2v) is 11.4. The predicted molar refractivity (Wildman–Crippen MR) is 132 cm³/mol. The van der Waals surface area contributed by atoms with Crippen LogP contribution in [0, 0.1) is 11.8 Å². The number of aliphatic hydroxyl groups is 2. The second-order valence-electron chi connectivity index (χ2n) is 11.4. The van der Waals surface area contributed by atoms with E-state index < -0.39 is 36.2 Å². The highest BCUT2D eigenvalue weighted by molar-refractivity contribution is 5.34. The lowest BCUT2D eigenvalue weighted by molar-refractivity contribution is -0.148. The number of nitrogens with zero attached hydrogens (tertiary/aromatic N) is 4. The monoisotopic (exact) mass is 527 g/mol. The largest absolute Gasteiger partial charge is 0.434 e. The summed E-state index contributed by atoms with van der Waals surface area (Å²) in [6.45, 7) is 4.36. The van der Waals surface area contributed by atoms with E-state index in [-0.39, 0.29) is 12.4 Å². The number of nitrogens with one attached hydrogen (secondary N) is 1. The number of aliphatic hydroxyl groups excluding tert-OH is 2. The molecule has 3 N–H and O–H groups in total. The highest BCUT2D eigenvalue weighted by Crippen LogP contribution is 2.38. The second kappa shape index (κ2) is 11.7. The van der Waals surface area contributed by atoms with Crippen molar-refractivity contribution in [3.63, 3.8) is 0 Å². The normalized spacial score (nSPS) is 34.7. The minimum atomic E-state index is -4.62. The molecule has 2 unspecified atom stereocenters. The van der Waals surface area contributed by atoms with Crippen LogP contribution in [0.1, 0.15) is 57.1 Å². The Bertz CT molecular complexity index is 879. The molecule has 8 nitrogen and oxygen atoms in total. The number of piperazine rings is 1. The van der Waals surface area contributed by atoms with Crippen molar-refractivity contribution in [3.05, 3.63) is 18.1 Å². The molecule has 3 heterocycles. The maximum atomic E-state index is 12.9. The highest BCUT2D eigenvalue weighted by Gasteiger charge is 2.41. The van der Waals surface area contributed by atoms with Crippen molar-refractivity contribution < 1.29 is 28.1 Å². The average Bonchev–Trinajstić information content (AvgIpc) is 3.57. The zero-order chi connectivity index (χ0) is 26.0. The molecule has 0 aromatic carbocycles. The smallest absolute Gasteiger partial charge is 0.388 e. The third-order valence-electron chi connectivity index (χ3n) is 8.91. The van der Waals surface area contributed by atoms with Gasteiger partial charge in [-0.1, -0.05) is 25.7 Å². The van der Waals surface area contributed by atoms with Gasteiger partial charge in [-0.25, -0.2) is 4.98 Å². The van der Waals surface area contributed by atoms with E-state index in [0.717, 1.165) is 44.2 Å². The summed E-state index contributed by atoms with van der Waals surface area (Å²) >= 11 is 0. The van der Waals surface area contributed by atoms with Gasteiger partial charge < -0.3 is 20.3 Å². The van der Waals surface area contributed by atoms with Crippen molar-refractivity contribution in [2.75, 3.05) is 44.6 Å². The molecule has 1 aromatic heterocycles. The Kier molecular flexibility index (Phi) is 8.55. The van der Waals surface area contributed by atoms with Gasteiger partial charge in [0.1, 0.15) is 18.0 Å². The third-order valence-corrected chi connectivity index (χ3v) is 8.91. The molecular weight excluding hydrogens is 487 g/mol. The van der Waals surface area contributed by atoms with E-state index in [2.05, 4.69) is 25.1 Å². The molecule has 208 valence electrons. The molecule has 0 radical (unpaired) electrons. The van der Waals surface area contributed by atoms with Crippen LogP contribution in [0.3, 0.4) is 0 Å². The van der Waals surface area contributed by atoms with Crippen LogP contribution < -0.4 is 5.32 Å². The molecule has 5 rings (SSSR count). The van der Waals surface area contributed by atoms with E-state index in [0.29, 0.717) is 18.8 Å². The molecule has 4 fully saturated rings. The Morgan fingerprint density at radius 2 is 1.73 bits per heavy atom. The summed E-state index contributed by atoms with van der Waals surface area (Å²) in [5.41, 5.74) is -1.12. The van der Waals surface area contributed by atoms with Crippen LogP contribution >= 0.6 is 0 Å². The number of hydrogen-bond donors (Lipinski definition) is 3. The van der Waals surface area contributed by atoms with Gasteiger partial charge in [0.2, 0.25) is 0 Å². The molecule has 2 aliphatic heterocycles. The van der Waals surface area contributed by atoms with Gasteiger partial charge in [0.05, 0.1) is 31.1 Å². The highest BCUT2D eigenvalue weighted by atomic mass is 19.4. The van der Waals surface area contributed by atoms with E-state index in [1.807, 2.05) is 0 Å². The Labute approximate surface area is 216 Å². The van der Waals surface area contributed by atoms with E-state index in [4.69, 9.17) is 4.74 Å². The van der Waals surface area contributed by atoms with Crippen LogP contribution in [0.25, 0.3) is 0 Å². The van der Waals surface area contributed by atoms with E-state index in [1.54, 1.807) is 0 Å². The van der Waals surface area contributed by atoms with Crippen LogP contribution in [0.4, 0.5) is 19.0 Å². The SMILES string of the molecule is O[C@@H]1[C@H](O)[C@@H](Nc2cncc(C(F)(F)F)n2)CO[C@@H]1CN1CCN(C2CCC(CC3CCCC3)C2)CC1. The first kappa shape index (κ1) is 27.1. The van der Waals surface area contributed by atoms with Gasteiger partial charge in [-0.05, 0) is 37.5 Å². The summed E-state index contributed by atoms with van der Waals surface area (Å²) in [4.78, 5) is 12.0. The van der Waals surface area contributed by atoms with Crippen molar-refractivity contribution >= 4 is 5.82 Å². The number of halogens is 3. The van der Waals surface area contributed by atoms with Crippen molar-refractivity contribution in [1.29, 1.82) is 0 Å². The maximum absolute atomic E-state index is 12.9. The molecule has 37 heavy (non-hydrogen) atoms. The fraction of sp³-hybridized carbons (Fsp3) is 0.846. The van der Waals surface area contributed by atoms with E-state index >= 15 is 0 Å². The standard InChI is InChI=1S/C26H40F3N5O3/c27-26(28,29)22-13-30-14-23(32-22)31-20-16-37-21(25(36)24(20)35)15-33-7-9-34(10-8-33)19-6-5-18(12-19)11-17-3-1-2-4-17/h13-14,17-21,24-25,35-36H,1-12,15-16H2,(H,31,32)/t18?,19?,20-,21+,24+,25-/m0/s1. The number of ether oxygens (including phenoxy) is 1. The fourth-order valence-corrected chi connectivity index (χ4v) is 6.81. The van der Waals surface area contributed by atoms with Crippen LogP contribution in [-0.4, -0.2) is 99.7 Å². The van der Waals surface area contributed by atoms with Crippen molar-refractivity contribution in [2.45, 2.75) is 87.9 Å². The Hall–Kier alpha value is -1.53. The summed E-state index contributed by atoms with van der Waals surface area (Å²) in [6.07, 6.45) is 5.38. The predicted octanol–water partition coefficient (Wildman–Crippen LogP) is 2.76. The summed E-state index contributed by atoms with van der Waals surface area (Å²) in [5.74, 6) is 1.73.